The van der Waals surface area contributed by atoms with E-state index in [1.54, 1.807) is 62.3 Å². The molecule has 1 atom stereocenters. The highest BCUT2D eigenvalue weighted by atomic mass is 31.2. The molecule has 1 aliphatic carbocycles. The molecule has 0 spiro atoms. The molecule has 0 saturated heterocycles. The number of carbonyl (C=O) groups excluding carboxylic acids is 1. The van der Waals surface area contributed by atoms with Crippen LogP contribution in [-0.4, -0.2) is 41.8 Å². The van der Waals surface area contributed by atoms with Crippen LogP contribution in [0.2, 0.25) is 0 Å². The predicted molar refractivity (Wildman–Crippen MR) is 173 cm³/mol. The fourth-order valence-electron chi connectivity index (χ4n) is 5.40. The zero-order valence-corrected chi connectivity index (χ0v) is 30.5. The van der Waals surface area contributed by atoms with Gasteiger partial charge < -0.3 is 14.8 Å². The topological polar surface area (TPSA) is 92.3 Å². The van der Waals surface area contributed by atoms with E-state index in [4.69, 9.17) is 23.0 Å². The van der Waals surface area contributed by atoms with Gasteiger partial charge in [-0.15, -0.1) is 0 Å². The van der Waals surface area contributed by atoms with Crippen molar-refractivity contribution in [2.24, 2.45) is 5.92 Å². The van der Waals surface area contributed by atoms with Crippen LogP contribution < -0.4 is 10.1 Å². The number of amides is 1. The molecule has 0 heterocycles. The lowest BCUT2D eigenvalue weighted by molar-refractivity contribution is -0.185. The fraction of sp³-hybridized carbons (Fsp3) is 0.676. The summed E-state index contributed by atoms with van der Waals surface area (Å²) in [5.41, 5.74) is -5.18. The summed E-state index contributed by atoms with van der Waals surface area (Å²) >= 11 is 0. The number of fused-ring (bicyclic) bond motifs is 1. The molecule has 8 nitrogen and oxygen atoms in total. The van der Waals surface area contributed by atoms with Crippen molar-refractivity contribution in [2.75, 3.05) is 6.61 Å². The van der Waals surface area contributed by atoms with Gasteiger partial charge in [0.2, 0.25) is 0 Å². The number of benzene rings is 2. The predicted octanol–water partition coefficient (Wildman–Crippen LogP) is 10.9. The van der Waals surface area contributed by atoms with Crippen molar-refractivity contribution in [1.82, 2.24) is 5.32 Å². The number of phosphoric acid groups is 1. The van der Waals surface area contributed by atoms with E-state index in [2.05, 4.69) is 5.32 Å². The normalized spacial score (nSPS) is 19.8. The molecule has 49 heavy (non-hydrogen) atoms. The summed E-state index contributed by atoms with van der Waals surface area (Å²) in [6.45, 7) is 15.9. The Morgan fingerprint density at radius 1 is 0.796 bits per heavy atom. The molecule has 0 bridgehead atoms. The third-order valence-electron chi connectivity index (χ3n) is 7.39. The van der Waals surface area contributed by atoms with E-state index in [0.717, 1.165) is 6.07 Å². The van der Waals surface area contributed by atoms with E-state index >= 15 is 0 Å². The second-order valence-corrected chi connectivity index (χ2v) is 17.1. The quantitative estimate of drug-likeness (QED) is 0.203. The van der Waals surface area contributed by atoms with Crippen molar-refractivity contribution in [3.8, 4) is 5.75 Å². The maximum atomic E-state index is 14.6. The third-order valence-corrected chi connectivity index (χ3v) is 9.38. The average Bonchev–Trinajstić information content (AvgIpc) is 2.87. The zero-order valence-electron chi connectivity index (χ0n) is 29.6. The minimum Gasteiger partial charge on any atom is -0.490 e. The van der Waals surface area contributed by atoms with Gasteiger partial charge in [-0.05, 0) is 123 Å². The number of rotatable bonds is 9. The molecule has 1 N–H and O–H groups in total. The summed E-state index contributed by atoms with van der Waals surface area (Å²) in [7, 11) is -4.30. The van der Waals surface area contributed by atoms with Crippen molar-refractivity contribution >= 4 is 24.7 Å². The molecule has 0 radical (unpaired) electrons. The molecule has 0 aliphatic heterocycles. The first kappa shape index (κ1) is 40.9. The van der Waals surface area contributed by atoms with Crippen molar-refractivity contribution < 1.29 is 58.7 Å². The van der Waals surface area contributed by atoms with E-state index in [9.17, 15) is 35.7 Å². The standard InChI is InChI=1S/C34H48F6NO7P/c1-29(2,3)46-28(42)41-32(10,20-44-49(43,47-30(4,5)6)48-31(7,8)9)23-14-17-25-21(19-23)11-18-26(27(25)34(38,39)40)45-24-15-12-22(13-16-24)33(35,36)37/h11,14,17-19,22,24H,12-13,15-16,20H2,1-10H3,(H,41,42)/t22?,24?,32-/m0/s1. The van der Waals surface area contributed by atoms with Crippen molar-refractivity contribution in [1.29, 1.82) is 0 Å². The molecule has 2 aromatic carbocycles. The molecule has 1 aliphatic rings. The number of carbonyl (C=O) groups is 1. The molecule has 1 amide bonds. The average molecular weight is 728 g/mol. The van der Waals surface area contributed by atoms with Crippen LogP contribution in [-0.2, 0) is 34.6 Å². The third kappa shape index (κ3) is 12.0. The SMILES string of the molecule is CC(C)(C)OC(=O)N[C@@](C)(COP(=O)(OC(C)(C)C)OC(C)(C)C)c1ccc2c(C(F)(F)F)c(OC3CCC(C(F)(F)F)CC3)ccc2c1. The Labute approximate surface area is 284 Å². The van der Waals surface area contributed by atoms with Crippen molar-refractivity contribution in [3.05, 3.63) is 41.5 Å². The summed E-state index contributed by atoms with van der Waals surface area (Å²) in [6, 6.07) is 6.53. The Bertz CT molecular complexity index is 1500. The van der Waals surface area contributed by atoms with Gasteiger partial charge in [0.05, 0.1) is 35.4 Å². The summed E-state index contributed by atoms with van der Waals surface area (Å²) < 4.78 is 125. The highest BCUT2D eigenvalue weighted by molar-refractivity contribution is 7.48. The minimum atomic E-state index is -4.87. The number of phosphoric ester groups is 1. The van der Waals surface area contributed by atoms with Gasteiger partial charge in [-0.2, -0.15) is 26.3 Å². The highest BCUT2D eigenvalue weighted by Gasteiger charge is 2.44. The molecule has 1 saturated carbocycles. The zero-order chi connectivity index (χ0) is 37.4. The second-order valence-electron chi connectivity index (χ2n) is 15.6. The van der Waals surface area contributed by atoms with Gasteiger partial charge in [-0.25, -0.2) is 9.36 Å². The van der Waals surface area contributed by atoms with E-state index in [1.165, 1.54) is 31.2 Å². The van der Waals surface area contributed by atoms with Crippen LogP contribution in [0.25, 0.3) is 10.8 Å². The fourth-order valence-corrected chi connectivity index (χ4v) is 7.30. The monoisotopic (exact) mass is 727 g/mol. The van der Waals surface area contributed by atoms with E-state index in [0.29, 0.717) is 0 Å². The maximum absolute atomic E-state index is 14.6. The number of halogens is 6. The molecule has 278 valence electrons. The number of hydrogen-bond acceptors (Lipinski definition) is 7. The van der Waals surface area contributed by atoms with E-state index < -0.39 is 78.6 Å². The maximum Gasteiger partial charge on any atom is 0.475 e. The van der Waals surface area contributed by atoms with Gasteiger partial charge >= 0.3 is 26.3 Å². The van der Waals surface area contributed by atoms with Crippen LogP contribution in [0.4, 0.5) is 31.1 Å². The molecule has 0 unspecified atom stereocenters. The first-order valence-corrected chi connectivity index (χ1v) is 17.5. The molecule has 0 aromatic heterocycles. The van der Waals surface area contributed by atoms with Gasteiger partial charge in [-0.1, -0.05) is 18.2 Å². The van der Waals surface area contributed by atoms with E-state index in [1.807, 2.05) is 0 Å². The Kier molecular flexibility index (Phi) is 11.9. The lowest BCUT2D eigenvalue weighted by Crippen LogP contribution is -2.48. The van der Waals surface area contributed by atoms with Crippen LogP contribution in [0, 0.1) is 5.92 Å². The summed E-state index contributed by atoms with van der Waals surface area (Å²) in [5.74, 6) is -1.99. The molecule has 15 heteroatoms. The summed E-state index contributed by atoms with van der Waals surface area (Å²) in [5, 5.41) is 2.60. The van der Waals surface area contributed by atoms with Crippen LogP contribution in [0.1, 0.15) is 106 Å². The van der Waals surface area contributed by atoms with E-state index in [-0.39, 0.29) is 42.0 Å². The van der Waals surface area contributed by atoms with Crippen LogP contribution in [0.3, 0.4) is 0 Å². The summed E-state index contributed by atoms with van der Waals surface area (Å²) in [4.78, 5) is 13.0. The van der Waals surface area contributed by atoms with Crippen LogP contribution in [0.15, 0.2) is 30.3 Å². The van der Waals surface area contributed by atoms with Gasteiger partial charge in [0, 0.05) is 0 Å². The molecular weight excluding hydrogens is 679 g/mol. The van der Waals surface area contributed by atoms with Crippen LogP contribution >= 0.6 is 7.82 Å². The number of alkyl halides is 6. The first-order chi connectivity index (χ1) is 22.0. The van der Waals surface area contributed by atoms with Gasteiger partial charge in [0.25, 0.3) is 0 Å². The highest BCUT2D eigenvalue weighted by Crippen LogP contribution is 2.56. The van der Waals surface area contributed by atoms with Gasteiger partial charge in [0.1, 0.15) is 16.9 Å². The molecule has 3 rings (SSSR count). The number of ether oxygens (including phenoxy) is 2. The minimum absolute atomic E-state index is 0.0329. The number of hydrogen-bond donors (Lipinski definition) is 1. The Hall–Kier alpha value is -2.54. The number of nitrogens with one attached hydrogen (secondary N) is 1. The van der Waals surface area contributed by atoms with Gasteiger partial charge in [-0.3, -0.25) is 13.6 Å². The summed E-state index contributed by atoms with van der Waals surface area (Å²) in [6.07, 6.45) is -11.4. The second kappa shape index (κ2) is 14.2. The Morgan fingerprint density at radius 3 is 1.82 bits per heavy atom. The number of alkyl carbamates (subject to hydrolysis) is 1. The molecule has 1 fully saturated rings. The van der Waals surface area contributed by atoms with Crippen molar-refractivity contribution in [3.63, 3.8) is 0 Å². The van der Waals surface area contributed by atoms with Crippen molar-refractivity contribution in [2.45, 2.75) is 136 Å². The first-order valence-electron chi connectivity index (χ1n) is 16.0. The molecular formula is C34H48F6NO7P. The van der Waals surface area contributed by atoms with Gasteiger partial charge in [0.15, 0.2) is 0 Å². The lowest BCUT2D eigenvalue weighted by atomic mass is 9.87. The Balaban J connectivity index is 2.05. The van der Waals surface area contributed by atoms with Crippen LogP contribution in [0.5, 0.6) is 5.75 Å². The smallest absolute Gasteiger partial charge is 0.475 e. The molecule has 2 aromatic rings. The Morgan fingerprint density at radius 2 is 1.35 bits per heavy atom. The lowest BCUT2D eigenvalue weighted by Gasteiger charge is -2.36. The largest absolute Gasteiger partial charge is 0.490 e.